The highest BCUT2D eigenvalue weighted by Crippen LogP contribution is 2.60. The summed E-state index contributed by atoms with van der Waals surface area (Å²) in [5.41, 5.74) is 6.23. The van der Waals surface area contributed by atoms with E-state index in [1.807, 2.05) is 0 Å². The summed E-state index contributed by atoms with van der Waals surface area (Å²) in [5.74, 6) is 5.70. The van der Waals surface area contributed by atoms with Crippen molar-refractivity contribution in [2.45, 2.75) is 70.9 Å². The molecule has 0 amide bonds. The summed E-state index contributed by atoms with van der Waals surface area (Å²) in [7, 11) is 0. The number of hydrogen-bond acceptors (Lipinski definition) is 3. The summed E-state index contributed by atoms with van der Waals surface area (Å²) in [6.45, 7) is 6.05. The number of rotatable bonds is 4. The van der Waals surface area contributed by atoms with E-state index in [1.165, 1.54) is 44.3 Å². The first kappa shape index (κ1) is 13.7. The molecule has 4 heteroatoms. The lowest BCUT2D eigenvalue weighted by atomic mass is 9.49. The molecule has 0 aliphatic heterocycles. The molecule has 1 aromatic heterocycles. The lowest BCUT2D eigenvalue weighted by molar-refractivity contribution is -0.0114. The largest absolute Gasteiger partial charge is 0.324 e. The normalized spacial score (nSPS) is 37.6. The first-order valence-electron chi connectivity index (χ1n) is 8.72. The smallest absolute Gasteiger partial charge is 0.146 e. The summed E-state index contributed by atoms with van der Waals surface area (Å²) in [6.07, 6.45) is 8.46. The summed E-state index contributed by atoms with van der Waals surface area (Å²) < 4.78 is 2.37. The van der Waals surface area contributed by atoms with Gasteiger partial charge in [-0.3, -0.25) is 0 Å². The molecule has 5 rings (SSSR count). The van der Waals surface area contributed by atoms with Gasteiger partial charge in [0, 0.05) is 12.0 Å². The molecule has 0 atom stereocenters. The van der Waals surface area contributed by atoms with Crippen LogP contribution in [0.1, 0.15) is 64.0 Å². The lowest BCUT2D eigenvalue weighted by Gasteiger charge is -2.56. The van der Waals surface area contributed by atoms with E-state index >= 15 is 0 Å². The third kappa shape index (κ3) is 2.14. The third-order valence-corrected chi connectivity index (χ3v) is 6.07. The number of nitrogens with zero attached hydrogens (tertiary/aromatic N) is 3. The van der Waals surface area contributed by atoms with Gasteiger partial charge in [0.1, 0.15) is 11.6 Å². The maximum Gasteiger partial charge on any atom is 0.146 e. The Kier molecular flexibility index (Phi) is 3.14. The van der Waals surface area contributed by atoms with Crippen LogP contribution in [0.2, 0.25) is 0 Å². The molecule has 1 heterocycles. The molecule has 4 bridgehead atoms. The zero-order valence-electron chi connectivity index (χ0n) is 13.4. The quantitative estimate of drug-likeness (QED) is 0.927. The molecule has 4 saturated carbocycles. The molecule has 4 aliphatic rings. The molecule has 2 N–H and O–H groups in total. The molecular weight excluding hydrogens is 260 g/mol. The Morgan fingerprint density at radius 1 is 1.10 bits per heavy atom. The van der Waals surface area contributed by atoms with Gasteiger partial charge >= 0.3 is 0 Å². The van der Waals surface area contributed by atoms with Crippen molar-refractivity contribution in [1.29, 1.82) is 0 Å². The maximum atomic E-state index is 5.91. The minimum Gasteiger partial charge on any atom is -0.324 e. The Hall–Kier alpha value is -0.900. The fraction of sp³-hybridized carbons (Fsp3) is 0.882. The average Bonchev–Trinajstić information content (AvgIpc) is 2.79. The highest BCUT2D eigenvalue weighted by atomic mass is 15.3. The van der Waals surface area contributed by atoms with Crippen molar-refractivity contribution in [1.82, 2.24) is 14.8 Å². The summed E-state index contributed by atoms with van der Waals surface area (Å²) in [4.78, 5) is 0. The molecule has 4 fully saturated rings. The number of hydrogen-bond donors (Lipinski definition) is 1. The van der Waals surface area contributed by atoms with Gasteiger partial charge in [-0.15, -0.1) is 10.2 Å². The second-order valence-electron chi connectivity index (χ2n) is 8.35. The van der Waals surface area contributed by atoms with Gasteiger partial charge in [-0.05, 0) is 62.2 Å². The minimum atomic E-state index is 0.323. The van der Waals surface area contributed by atoms with Crippen LogP contribution in [0.4, 0.5) is 0 Å². The van der Waals surface area contributed by atoms with E-state index in [1.54, 1.807) is 0 Å². The van der Waals surface area contributed by atoms with Crippen LogP contribution in [0.15, 0.2) is 0 Å². The summed E-state index contributed by atoms with van der Waals surface area (Å²) in [5, 5.41) is 9.10. The van der Waals surface area contributed by atoms with Crippen LogP contribution >= 0.6 is 0 Å². The van der Waals surface area contributed by atoms with E-state index in [0.29, 0.717) is 17.9 Å². The van der Waals surface area contributed by atoms with Gasteiger partial charge in [0.25, 0.3) is 0 Å². The monoisotopic (exact) mass is 288 g/mol. The fourth-order valence-electron chi connectivity index (χ4n) is 5.82. The van der Waals surface area contributed by atoms with Crippen LogP contribution < -0.4 is 5.73 Å². The molecule has 0 unspecified atom stereocenters. The molecule has 0 spiro atoms. The zero-order valence-corrected chi connectivity index (χ0v) is 13.4. The van der Waals surface area contributed by atoms with Crippen LogP contribution in [0.5, 0.6) is 0 Å². The second-order valence-corrected chi connectivity index (χ2v) is 8.35. The highest BCUT2D eigenvalue weighted by molar-refractivity contribution is 5.19. The third-order valence-electron chi connectivity index (χ3n) is 6.07. The SMILES string of the molecule is CC(C)Cn1c(CN)nnc1C12CC3CC(CC(C3)C1)C2. The molecule has 0 radical (unpaired) electrons. The number of nitrogens with two attached hydrogens (primary N) is 1. The summed E-state index contributed by atoms with van der Waals surface area (Å²) in [6, 6.07) is 0. The van der Waals surface area contributed by atoms with Crippen LogP contribution in [0, 0.1) is 23.7 Å². The minimum absolute atomic E-state index is 0.323. The fourth-order valence-corrected chi connectivity index (χ4v) is 5.82. The van der Waals surface area contributed by atoms with Crippen molar-refractivity contribution in [3.63, 3.8) is 0 Å². The van der Waals surface area contributed by atoms with Crippen molar-refractivity contribution >= 4 is 0 Å². The van der Waals surface area contributed by atoms with E-state index in [9.17, 15) is 0 Å². The summed E-state index contributed by atoms with van der Waals surface area (Å²) >= 11 is 0. The topological polar surface area (TPSA) is 56.7 Å². The van der Waals surface area contributed by atoms with Crippen LogP contribution in [0.25, 0.3) is 0 Å². The van der Waals surface area contributed by atoms with Gasteiger partial charge in [0.15, 0.2) is 0 Å². The Morgan fingerprint density at radius 2 is 1.67 bits per heavy atom. The van der Waals surface area contributed by atoms with Crippen molar-refractivity contribution < 1.29 is 0 Å². The zero-order chi connectivity index (χ0) is 14.6. The van der Waals surface area contributed by atoms with Crippen LogP contribution in [-0.4, -0.2) is 14.8 Å². The Bertz CT molecular complexity index is 496. The molecule has 4 aliphatic carbocycles. The van der Waals surface area contributed by atoms with E-state index in [-0.39, 0.29) is 0 Å². The van der Waals surface area contributed by atoms with Crippen molar-refractivity contribution in [2.75, 3.05) is 0 Å². The van der Waals surface area contributed by atoms with Crippen LogP contribution in [0.3, 0.4) is 0 Å². The molecule has 1 aromatic rings. The molecule has 4 nitrogen and oxygen atoms in total. The standard InChI is InChI=1S/C17H28N4/c1-11(2)10-21-15(9-18)19-20-16(21)17-6-12-3-13(7-17)5-14(4-12)8-17/h11-14H,3-10,18H2,1-2H3. The molecule has 21 heavy (non-hydrogen) atoms. The van der Waals surface area contributed by atoms with Gasteiger partial charge in [-0.1, -0.05) is 13.8 Å². The Labute approximate surface area is 127 Å². The first-order chi connectivity index (χ1) is 10.1. The Balaban J connectivity index is 1.74. The van der Waals surface area contributed by atoms with Crippen molar-refractivity contribution in [3.05, 3.63) is 11.6 Å². The first-order valence-corrected chi connectivity index (χ1v) is 8.72. The highest BCUT2D eigenvalue weighted by Gasteiger charge is 2.53. The van der Waals surface area contributed by atoms with E-state index in [4.69, 9.17) is 5.73 Å². The van der Waals surface area contributed by atoms with Crippen LogP contribution in [-0.2, 0) is 18.5 Å². The van der Waals surface area contributed by atoms with E-state index in [0.717, 1.165) is 30.1 Å². The molecular formula is C17H28N4. The van der Waals surface area contributed by atoms with Gasteiger partial charge in [0.05, 0.1) is 6.54 Å². The van der Waals surface area contributed by atoms with E-state index in [2.05, 4.69) is 28.6 Å². The molecule has 0 saturated heterocycles. The second kappa shape index (κ2) is 4.80. The predicted molar refractivity (Wildman–Crippen MR) is 82.6 cm³/mol. The molecule has 116 valence electrons. The van der Waals surface area contributed by atoms with Gasteiger partial charge in [-0.2, -0.15) is 0 Å². The molecule has 0 aromatic carbocycles. The number of aromatic nitrogens is 3. The van der Waals surface area contributed by atoms with Gasteiger partial charge < -0.3 is 10.3 Å². The van der Waals surface area contributed by atoms with Gasteiger partial charge in [0.2, 0.25) is 0 Å². The lowest BCUT2D eigenvalue weighted by Crippen LogP contribution is -2.50. The van der Waals surface area contributed by atoms with Crippen molar-refractivity contribution in [2.24, 2.45) is 29.4 Å². The predicted octanol–water partition coefficient (Wildman–Crippen LogP) is 2.86. The Morgan fingerprint density at radius 3 is 2.14 bits per heavy atom. The average molecular weight is 288 g/mol. The maximum absolute atomic E-state index is 5.91. The van der Waals surface area contributed by atoms with Gasteiger partial charge in [-0.25, -0.2) is 0 Å². The van der Waals surface area contributed by atoms with Crippen molar-refractivity contribution in [3.8, 4) is 0 Å². The van der Waals surface area contributed by atoms with E-state index < -0.39 is 0 Å².